The molecular weight excluding hydrogens is 768 g/mol. The number of pyridine rings is 1. The van der Waals surface area contributed by atoms with Crippen molar-refractivity contribution in [3.8, 4) is 11.8 Å². The highest BCUT2D eigenvalue weighted by Gasteiger charge is 2.46. The minimum absolute atomic E-state index is 0.132. The number of anilines is 2. The number of benzene rings is 2. The molecule has 0 radical (unpaired) electrons. The zero-order chi connectivity index (χ0) is 41.5. The number of hydrogen-bond acceptors (Lipinski definition) is 12. The van der Waals surface area contributed by atoms with Crippen molar-refractivity contribution in [3.63, 3.8) is 0 Å². The van der Waals surface area contributed by atoms with Crippen molar-refractivity contribution >= 4 is 46.0 Å². The second-order valence-corrected chi connectivity index (χ2v) is 16.6. The molecule has 15 nitrogen and oxygen atoms in total. The molecule has 4 amide bonds. The molecule has 4 aromatic rings. The lowest BCUT2D eigenvalue weighted by atomic mass is 9.89. The number of hydrogen-bond donors (Lipinski definition) is 1. The molecule has 0 bridgehead atoms. The zero-order valence-corrected chi connectivity index (χ0v) is 33.3. The van der Waals surface area contributed by atoms with Crippen LogP contribution in [0.3, 0.4) is 0 Å². The van der Waals surface area contributed by atoms with Gasteiger partial charge in [0.15, 0.2) is 11.5 Å². The van der Waals surface area contributed by atoms with Gasteiger partial charge in [0.25, 0.3) is 17.7 Å². The van der Waals surface area contributed by atoms with Gasteiger partial charge < -0.3 is 25.2 Å². The molecular formula is C44H47FN10O5. The Hall–Kier alpha value is -6.21. The molecule has 1 atom stereocenters. The standard InChI is InChI=1S/C44H47FN10O5/c45-34-23-33-29(22-37(34)52-20-18-51(19-21-52)25-27-13-16-53(17-14-27)39-11-8-35(42(47)57)49-50-39)26-54(43(33)58)36-9-12-40(56)55(44(36)59)30-4-6-31(7-5-30)60-38-10-3-28(24-46)41-32(38)2-1-15-48-41/h1-3,8,10-11,15,22-23,27,30-31,36H,4-7,9,12-14,16-21,25-26H2,(H2,47,57)/t30?,31?,36-/m0/s1. The number of piperidine rings is 2. The van der Waals surface area contributed by atoms with E-state index >= 15 is 4.39 Å². The Bertz CT molecular complexity index is 2370. The summed E-state index contributed by atoms with van der Waals surface area (Å²) in [7, 11) is 0. The molecule has 2 N–H and O–H groups in total. The Kier molecular flexibility index (Phi) is 10.8. The number of nitrogens with two attached hydrogens (primary N) is 1. The molecule has 60 heavy (non-hydrogen) atoms. The molecule has 2 aromatic heterocycles. The van der Waals surface area contributed by atoms with E-state index < -0.39 is 17.8 Å². The fourth-order valence-corrected chi connectivity index (χ4v) is 9.75. The average molecular weight is 815 g/mol. The second-order valence-electron chi connectivity index (χ2n) is 16.6. The average Bonchev–Trinajstić information content (AvgIpc) is 3.58. The lowest BCUT2D eigenvalue weighted by Crippen LogP contribution is -2.58. The molecule has 1 saturated carbocycles. The van der Waals surface area contributed by atoms with E-state index in [9.17, 15) is 24.4 Å². The number of carbonyl (C=O) groups is 4. The van der Waals surface area contributed by atoms with Gasteiger partial charge in [0.1, 0.15) is 23.7 Å². The monoisotopic (exact) mass is 814 g/mol. The Balaban J connectivity index is 0.780. The predicted molar refractivity (Wildman–Crippen MR) is 218 cm³/mol. The summed E-state index contributed by atoms with van der Waals surface area (Å²) in [5.74, 6) is -0.107. The van der Waals surface area contributed by atoms with Crippen LogP contribution in [0.15, 0.2) is 54.7 Å². The van der Waals surface area contributed by atoms with Crippen molar-refractivity contribution in [3.05, 3.63) is 82.9 Å². The van der Waals surface area contributed by atoms with Crippen LogP contribution in [0, 0.1) is 23.1 Å². The molecule has 4 aliphatic heterocycles. The van der Waals surface area contributed by atoms with E-state index in [4.69, 9.17) is 10.5 Å². The Morgan fingerprint density at radius 3 is 2.40 bits per heavy atom. The molecule has 16 heteroatoms. The number of fused-ring (bicyclic) bond motifs is 2. The highest BCUT2D eigenvalue weighted by molar-refractivity contribution is 6.06. The van der Waals surface area contributed by atoms with Gasteiger partial charge in [0, 0.05) is 82.0 Å². The van der Waals surface area contributed by atoms with Crippen molar-refractivity contribution in [2.45, 2.75) is 76.1 Å². The lowest BCUT2D eigenvalue weighted by molar-refractivity contribution is -0.156. The van der Waals surface area contributed by atoms with E-state index in [2.05, 4.69) is 31.1 Å². The van der Waals surface area contributed by atoms with Crippen LogP contribution in [-0.2, 0) is 16.1 Å². The van der Waals surface area contributed by atoms with Crippen LogP contribution < -0.4 is 20.3 Å². The maximum Gasteiger partial charge on any atom is 0.269 e. The van der Waals surface area contributed by atoms with Gasteiger partial charge in [-0.1, -0.05) is 0 Å². The van der Waals surface area contributed by atoms with Gasteiger partial charge in [-0.05, 0) is 105 Å². The fourth-order valence-electron chi connectivity index (χ4n) is 9.75. The molecule has 5 aliphatic rings. The van der Waals surface area contributed by atoms with Gasteiger partial charge in [0.2, 0.25) is 5.91 Å². The number of imide groups is 1. The molecule has 310 valence electrons. The number of nitrogens with zero attached hydrogens (tertiary/aromatic N) is 9. The number of piperazine rings is 1. The molecule has 1 aliphatic carbocycles. The third-order valence-electron chi connectivity index (χ3n) is 13.0. The number of likely N-dealkylation sites (tertiary alicyclic amines) is 1. The van der Waals surface area contributed by atoms with Gasteiger partial charge in [-0.15, -0.1) is 10.2 Å². The van der Waals surface area contributed by atoms with Crippen LogP contribution in [0.5, 0.6) is 5.75 Å². The summed E-state index contributed by atoms with van der Waals surface area (Å²) >= 11 is 0. The number of aromatic nitrogens is 3. The number of halogens is 1. The minimum Gasteiger partial charge on any atom is -0.490 e. The highest BCUT2D eigenvalue weighted by Crippen LogP contribution is 2.37. The first-order valence-corrected chi connectivity index (χ1v) is 20.9. The van der Waals surface area contributed by atoms with Crippen molar-refractivity contribution in [2.24, 2.45) is 11.7 Å². The van der Waals surface area contributed by atoms with E-state index in [1.807, 2.05) is 11.0 Å². The summed E-state index contributed by atoms with van der Waals surface area (Å²) in [4.78, 5) is 66.5. The van der Waals surface area contributed by atoms with Gasteiger partial charge in [-0.25, -0.2) is 4.39 Å². The number of rotatable bonds is 9. The van der Waals surface area contributed by atoms with Crippen molar-refractivity contribution < 1.29 is 28.3 Å². The minimum atomic E-state index is -0.800. The van der Waals surface area contributed by atoms with Crippen LogP contribution >= 0.6 is 0 Å². The molecule has 9 rings (SSSR count). The van der Waals surface area contributed by atoms with E-state index in [1.54, 1.807) is 42.6 Å². The van der Waals surface area contributed by atoms with Crippen LogP contribution in [0.25, 0.3) is 10.9 Å². The van der Waals surface area contributed by atoms with Crippen LogP contribution in [0.4, 0.5) is 15.9 Å². The maximum absolute atomic E-state index is 15.8. The van der Waals surface area contributed by atoms with Crippen LogP contribution in [-0.4, -0.2) is 118 Å². The molecule has 3 saturated heterocycles. The van der Waals surface area contributed by atoms with Gasteiger partial charge >= 0.3 is 0 Å². The van der Waals surface area contributed by atoms with Crippen molar-refractivity contribution in [1.82, 2.24) is 29.9 Å². The Morgan fingerprint density at radius 1 is 0.900 bits per heavy atom. The fraction of sp³-hybridized carbons (Fsp3) is 0.455. The maximum atomic E-state index is 15.8. The summed E-state index contributed by atoms with van der Waals surface area (Å²) in [6.45, 7) is 5.74. The number of amides is 4. The number of ether oxygens (including phenoxy) is 1. The largest absolute Gasteiger partial charge is 0.490 e. The summed E-state index contributed by atoms with van der Waals surface area (Å²) in [6, 6.07) is 14.8. The lowest BCUT2D eigenvalue weighted by Gasteiger charge is -2.41. The van der Waals surface area contributed by atoms with E-state index in [1.165, 1.54) is 15.9 Å². The zero-order valence-electron chi connectivity index (χ0n) is 33.3. The number of nitriles is 1. The van der Waals surface area contributed by atoms with Crippen molar-refractivity contribution in [2.75, 3.05) is 55.6 Å². The second kappa shape index (κ2) is 16.4. The van der Waals surface area contributed by atoms with E-state index in [0.29, 0.717) is 72.8 Å². The topological polar surface area (TPSA) is 182 Å². The third-order valence-corrected chi connectivity index (χ3v) is 13.0. The van der Waals surface area contributed by atoms with Crippen LogP contribution in [0.2, 0.25) is 0 Å². The Labute approximate surface area is 346 Å². The SMILES string of the molecule is N#Cc1ccc(OC2CCC(N3C(=O)CC[C@H](N4Cc5cc(N6CCN(CC7CCN(c8ccc(C(N)=O)nn8)CC7)CC6)c(F)cc5C4=O)C3=O)CC2)c2cccnc12. The first-order chi connectivity index (χ1) is 29.1. The summed E-state index contributed by atoms with van der Waals surface area (Å²) in [5, 5.41) is 18.4. The quantitative estimate of drug-likeness (QED) is 0.240. The Morgan fingerprint density at radius 2 is 1.68 bits per heavy atom. The summed E-state index contributed by atoms with van der Waals surface area (Å²) < 4.78 is 22.2. The number of carbonyl (C=O) groups excluding carboxylic acids is 4. The van der Waals surface area contributed by atoms with Gasteiger partial charge in [0.05, 0.1) is 22.9 Å². The smallest absolute Gasteiger partial charge is 0.269 e. The molecule has 6 heterocycles. The van der Waals surface area contributed by atoms with E-state index in [-0.39, 0.29) is 60.5 Å². The van der Waals surface area contributed by atoms with Gasteiger partial charge in [-0.2, -0.15) is 5.26 Å². The summed E-state index contributed by atoms with van der Waals surface area (Å²) in [6.07, 6.45) is 6.32. The van der Waals surface area contributed by atoms with Crippen molar-refractivity contribution in [1.29, 1.82) is 5.26 Å². The predicted octanol–water partition coefficient (Wildman–Crippen LogP) is 4.04. The molecule has 4 fully saturated rings. The van der Waals surface area contributed by atoms with Gasteiger partial charge in [-0.3, -0.25) is 34.0 Å². The first-order valence-electron chi connectivity index (χ1n) is 20.9. The van der Waals surface area contributed by atoms with E-state index in [0.717, 1.165) is 56.8 Å². The highest BCUT2D eigenvalue weighted by atomic mass is 19.1. The van der Waals surface area contributed by atoms with Crippen LogP contribution in [0.1, 0.15) is 83.3 Å². The molecule has 0 unspecified atom stereocenters. The normalized spacial score (nSPS) is 22.9. The molecule has 0 spiro atoms. The first kappa shape index (κ1) is 39.3. The third kappa shape index (κ3) is 7.58. The molecule has 2 aromatic carbocycles. The summed E-state index contributed by atoms with van der Waals surface area (Å²) in [5.41, 5.74) is 7.94. The number of primary amides is 1.